The Labute approximate surface area is 78.2 Å². The van der Waals surface area contributed by atoms with Gasteiger partial charge in [0.05, 0.1) is 6.10 Å². The molecule has 0 fully saturated rings. The van der Waals surface area contributed by atoms with Gasteiger partial charge in [-0.3, -0.25) is 4.79 Å². The molecule has 0 aliphatic heterocycles. The molecule has 0 radical (unpaired) electrons. The van der Waals surface area contributed by atoms with E-state index in [2.05, 4.69) is 0 Å². The monoisotopic (exact) mass is 178 g/mol. The van der Waals surface area contributed by atoms with Crippen LogP contribution in [0.3, 0.4) is 0 Å². The Morgan fingerprint density at radius 2 is 2.23 bits per heavy atom. The highest BCUT2D eigenvalue weighted by molar-refractivity contribution is 5.76. The lowest BCUT2D eigenvalue weighted by Gasteiger charge is -2.08. The largest absolute Gasteiger partial charge is 0.388 e. The smallest absolute Gasteiger partial charge is 0.132 e. The van der Waals surface area contributed by atoms with Crippen LogP contribution in [0, 0.1) is 6.92 Å². The van der Waals surface area contributed by atoms with Crippen molar-refractivity contribution in [2.75, 3.05) is 0 Å². The Bertz CT molecular complexity index is 305. The highest BCUT2D eigenvalue weighted by atomic mass is 16.3. The number of rotatable bonds is 3. The van der Waals surface area contributed by atoms with Gasteiger partial charge in [0.2, 0.25) is 0 Å². The van der Waals surface area contributed by atoms with E-state index in [1.807, 2.05) is 31.2 Å². The fourth-order valence-corrected chi connectivity index (χ4v) is 1.27. The van der Waals surface area contributed by atoms with E-state index in [4.69, 9.17) is 0 Å². The van der Waals surface area contributed by atoms with Crippen LogP contribution in [0.25, 0.3) is 0 Å². The van der Waals surface area contributed by atoms with E-state index in [0.29, 0.717) is 0 Å². The first-order valence-electron chi connectivity index (χ1n) is 4.33. The zero-order chi connectivity index (χ0) is 9.84. The fourth-order valence-electron chi connectivity index (χ4n) is 1.27. The molecule has 1 aromatic carbocycles. The summed E-state index contributed by atoms with van der Waals surface area (Å²) in [7, 11) is 0. The molecule has 2 nitrogen and oxygen atoms in total. The van der Waals surface area contributed by atoms with Gasteiger partial charge in [0.1, 0.15) is 5.78 Å². The summed E-state index contributed by atoms with van der Waals surface area (Å²) in [6, 6.07) is 7.58. The topological polar surface area (TPSA) is 37.3 Å². The van der Waals surface area contributed by atoms with Gasteiger partial charge in [-0.05, 0) is 19.4 Å². The zero-order valence-corrected chi connectivity index (χ0v) is 7.95. The van der Waals surface area contributed by atoms with Gasteiger partial charge in [-0.2, -0.15) is 0 Å². The summed E-state index contributed by atoms with van der Waals surface area (Å²) in [6.07, 6.45) is -0.457. The Morgan fingerprint density at radius 1 is 1.54 bits per heavy atom. The van der Waals surface area contributed by atoms with Crippen molar-refractivity contribution in [2.45, 2.75) is 26.4 Å². The molecule has 0 unspecified atom stereocenters. The molecular formula is C11H14O2. The molecule has 0 saturated heterocycles. The van der Waals surface area contributed by atoms with Crippen LogP contribution in [-0.2, 0) is 4.79 Å². The first-order chi connectivity index (χ1) is 6.09. The second-order valence-electron chi connectivity index (χ2n) is 3.34. The minimum atomic E-state index is -0.655. The molecule has 13 heavy (non-hydrogen) atoms. The number of aliphatic hydroxyl groups is 1. The maximum Gasteiger partial charge on any atom is 0.132 e. The summed E-state index contributed by atoms with van der Waals surface area (Å²) in [5.74, 6) is 0.00834. The molecule has 70 valence electrons. The first kappa shape index (κ1) is 9.93. The lowest BCUT2D eigenvalue weighted by molar-refractivity contribution is -0.118. The van der Waals surface area contributed by atoms with Gasteiger partial charge in [-0.1, -0.05) is 29.8 Å². The first-order valence-corrected chi connectivity index (χ1v) is 4.33. The Kier molecular flexibility index (Phi) is 3.20. The maximum absolute atomic E-state index is 10.8. The molecule has 0 aliphatic carbocycles. The summed E-state index contributed by atoms with van der Waals surface area (Å²) in [5.41, 5.74) is 1.91. The number of carbonyl (C=O) groups is 1. The van der Waals surface area contributed by atoms with E-state index in [9.17, 15) is 9.90 Å². The standard InChI is InChI=1S/C11H14O2/c1-8-4-3-5-10(6-8)11(13)7-9(2)12/h3-6,11,13H,7H2,1-2H3/t11-/m0/s1. The zero-order valence-electron chi connectivity index (χ0n) is 7.95. The highest BCUT2D eigenvalue weighted by Gasteiger charge is 2.09. The maximum atomic E-state index is 10.8. The SMILES string of the molecule is CC(=O)C[C@H](O)c1cccc(C)c1. The summed E-state index contributed by atoms with van der Waals surface area (Å²) in [4.78, 5) is 10.8. The lowest BCUT2D eigenvalue weighted by atomic mass is 10.0. The van der Waals surface area contributed by atoms with Crippen molar-refractivity contribution >= 4 is 5.78 Å². The normalized spacial score (nSPS) is 12.5. The van der Waals surface area contributed by atoms with E-state index >= 15 is 0 Å². The van der Waals surface area contributed by atoms with E-state index in [1.165, 1.54) is 6.92 Å². The second kappa shape index (κ2) is 4.19. The molecule has 1 rings (SSSR count). The van der Waals surface area contributed by atoms with E-state index in [1.54, 1.807) is 0 Å². The van der Waals surface area contributed by atoms with Gasteiger partial charge in [0.25, 0.3) is 0 Å². The Morgan fingerprint density at radius 3 is 2.77 bits per heavy atom. The molecule has 2 heteroatoms. The number of ketones is 1. The average molecular weight is 178 g/mol. The van der Waals surface area contributed by atoms with Crippen LogP contribution in [-0.4, -0.2) is 10.9 Å². The van der Waals surface area contributed by atoms with Crippen molar-refractivity contribution in [3.63, 3.8) is 0 Å². The predicted molar refractivity (Wildman–Crippen MR) is 51.4 cm³/mol. The Balaban J connectivity index is 2.76. The number of aliphatic hydroxyl groups excluding tert-OH is 1. The number of hydrogen-bond acceptors (Lipinski definition) is 2. The molecule has 1 aromatic rings. The van der Waals surface area contributed by atoms with E-state index < -0.39 is 6.10 Å². The molecule has 1 N–H and O–H groups in total. The molecule has 0 aliphatic rings. The van der Waals surface area contributed by atoms with Crippen LogP contribution in [0.5, 0.6) is 0 Å². The second-order valence-corrected chi connectivity index (χ2v) is 3.34. The molecule has 1 atom stereocenters. The third-order valence-electron chi connectivity index (χ3n) is 1.91. The number of carbonyl (C=O) groups excluding carboxylic acids is 1. The van der Waals surface area contributed by atoms with Crippen molar-refractivity contribution < 1.29 is 9.90 Å². The summed E-state index contributed by atoms with van der Waals surface area (Å²) < 4.78 is 0. The van der Waals surface area contributed by atoms with Gasteiger partial charge in [0.15, 0.2) is 0 Å². The van der Waals surface area contributed by atoms with Crippen LogP contribution < -0.4 is 0 Å². The highest BCUT2D eigenvalue weighted by Crippen LogP contribution is 2.17. The quantitative estimate of drug-likeness (QED) is 0.768. The molecule has 0 spiro atoms. The third-order valence-corrected chi connectivity index (χ3v) is 1.91. The van der Waals surface area contributed by atoms with Crippen molar-refractivity contribution in [1.82, 2.24) is 0 Å². The molecular weight excluding hydrogens is 164 g/mol. The molecule has 0 heterocycles. The van der Waals surface area contributed by atoms with Crippen molar-refractivity contribution in [1.29, 1.82) is 0 Å². The lowest BCUT2D eigenvalue weighted by Crippen LogP contribution is -2.03. The minimum Gasteiger partial charge on any atom is -0.388 e. The van der Waals surface area contributed by atoms with Crippen LogP contribution in [0.4, 0.5) is 0 Å². The summed E-state index contributed by atoms with van der Waals surface area (Å²) in [5, 5.41) is 9.59. The molecule has 0 amide bonds. The average Bonchev–Trinajstić information content (AvgIpc) is 2.03. The van der Waals surface area contributed by atoms with E-state index in [-0.39, 0.29) is 12.2 Å². The summed E-state index contributed by atoms with van der Waals surface area (Å²) >= 11 is 0. The van der Waals surface area contributed by atoms with E-state index in [0.717, 1.165) is 11.1 Å². The number of aryl methyl sites for hydroxylation is 1. The molecule has 0 saturated carbocycles. The molecule has 0 bridgehead atoms. The number of hydrogen-bond donors (Lipinski definition) is 1. The van der Waals surface area contributed by atoms with Gasteiger partial charge >= 0.3 is 0 Å². The Hall–Kier alpha value is -1.15. The van der Waals surface area contributed by atoms with Gasteiger partial charge in [-0.25, -0.2) is 0 Å². The minimum absolute atomic E-state index is 0.00834. The van der Waals surface area contributed by atoms with Gasteiger partial charge in [-0.15, -0.1) is 0 Å². The third kappa shape index (κ3) is 2.99. The number of benzene rings is 1. The van der Waals surface area contributed by atoms with Crippen molar-refractivity contribution in [3.05, 3.63) is 35.4 Å². The number of Topliss-reactive ketones (excluding diaryl/α,β-unsaturated/α-hetero) is 1. The van der Waals surface area contributed by atoms with Crippen LogP contribution in [0.2, 0.25) is 0 Å². The van der Waals surface area contributed by atoms with Gasteiger partial charge < -0.3 is 5.11 Å². The predicted octanol–water partition coefficient (Wildman–Crippen LogP) is 2.01. The summed E-state index contributed by atoms with van der Waals surface area (Å²) in [6.45, 7) is 3.45. The fraction of sp³-hybridized carbons (Fsp3) is 0.364. The van der Waals surface area contributed by atoms with Gasteiger partial charge in [0, 0.05) is 6.42 Å². The van der Waals surface area contributed by atoms with Crippen LogP contribution in [0.15, 0.2) is 24.3 Å². The van der Waals surface area contributed by atoms with Crippen LogP contribution >= 0.6 is 0 Å². The van der Waals surface area contributed by atoms with Crippen LogP contribution in [0.1, 0.15) is 30.6 Å². The molecule has 0 aromatic heterocycles. The van der Waals surface area contributed by atoms with Crippen molar-refractivity contribution in [2.24, 2.45) is 0 Å². The van der Waals surface area contributed by atoms with Crippen molar-refractivity contribution in [3.8, 4) is 0 Å².